The minimum absolute atomic E-state index is 0.230. The first-order chi connectivity index (χ1) is 7.54. The fraction of sp³-hybridized carbons (Fsp3) is 0.538. The van der Waals surface area contributed by atoms with Crippen LogP contribution in [0, 0.1) is 0 Å². The zero-order chi connectivity index (χ0) is 12.1. The Morgan fingerprint density at radius 3 is 2.25 bits per heavy atom. The number of thioether (sulfide) groups is 1. The van der Waals surface area contributed by atoms with Crippen LogP contribution in [0.5, 0.6) is 0 Å². The third kappa shape index (κ3) is 4.11. The lowest BCUT2D eigenvalue weighted by molar-refractivity contribution is 0.632. The standard InChI is InChI=1S/C13H20BrNS/c1-4-12(15)13(16-9(2)3)10-5-7-11(14)8-6-10/h5-9,12-13H,4,15H2,1-3H3. The molecule has 0 heterocycles. The number of nitrogens with two attached hydrogens (primary N) is 1. The molecule has 0 aliphatic rings. The Morgan fingerprint density at radius 1 is 1.25 bits per heavy atom. The van der Waals surface area contributed by atoms with Crippen LogP contribution in [-0.2, 0) is 0 Å². The van der Waals surface area contributed by atoms with Gasteiger partial charge in [0.1, 0.15) is 0 Å². The Labute approximate surface area is 111 Å². The lowest BCUT2D eigenvalue weighted by atomic mass is 10.0. The summed E-state index contributed by atoms with van der Waals surface area (Å²) in [7, 11) is 0. The molecular formula is C13H20BrNS. The summed E-state index contributed by atoms with van der Waals surface area (Å²) in [4.78, 5) is 0. The topological polar surface area (TPSA) is 26.0 Å². The van der Waals surface area contributed by atoms with Gasteiger partial charge in [0, 0.05) is 15.8 Å². The molecule has 1 nitrogen and oxygen atoms in total. The maximum Gasteiger partial charge on any atom is 0.0450 e. The molecule has 0 aromatic heterocycles. The van der Waals surface area contributed by atoms with Crippen LogP contribution in [0.3, 0.4) is 0 Å². The van der Waals surface area contributed by atoms with Crippen molar-refractivity contribution in [2.45, 2.75) is 43.7 Å². The van der Waals surface area contributed by atoms with Gasteiger partial charge in [0.2, 0.25) is 0 Å². The second-order valence-electron chi connectivity index (χ2n) is 4.23. The van der Waals surface area contributed by atoms with Crippen molar-refractivity contribution in [3.63, 3.8) is 0 Å². The fourth-order valence-electron chi connectivity index (χ4n) is 1.59. The van der Waals surface area contributed by atoms with Crippen molar-refractivity contribution < 1.29 is 0 Å². The molecule has 1 aromatic rings. The van der Waals surface area contributed by atoms with E-state index in [1.807, 2.05) is 11.8 Å². The molecule has 90 valence electrons. The van der Waals surface area contributed by atoms with Crippen molar-refractivity contribution in [1.82, 2.24) is 0 Å². The zero-order valence-corrected chi connectivity index (χ0v) is 12.5. The van der Waals surface area contributed by atoms with Crippen LogP contribution in [0.4, 0.5) is 0 Å². The number of hydrogen-bond acceptors (Lipinski definition) is 2. The normalized spacial score (nSPS) is 15.1. The molecule has 2 atom stereocenters. The Kier molecular flexibility index (Phi) is 5.87. The minimum Gasteiger partial charge on any atom is -0.326 e. The summed E-state index contributed by atoms with van der Waals surface area (Å²) in [5.74, 6) is 0. The quantitative estimate of drug-likeness (QED) is 0.874. The van der Waals surface area contributed by atoms with Crippen LogP contribution in [0.1, 0.15) is 38.0 Å². The first kappa shape index (κ1) is 14.1. The van der Waals surface area contributed by atoms with Crippen molar-refractivity contribution >= 4 is 27.7 Å². The average Bonchev–Trinajstić information content (AvgIpc) is 2.26. The monoisotopic (exact) mass is 301 g/mol. The molecule has 16 heavy (non-hydrogen) atoms. The molecule has 0 aliphatic heterocycles. The van der Waals surface area contributed by atoms with Crippen molar-refractivity contribution in [2.75, 3.05) is 0 Å². The number of hydrogen-bond donors (Lipinski definition) is 1. The van der Waals surface area contributed by atoms with Gasteiger partial charge in [-0.15, -0.1) is 11.8 Å². The molecule has 0 saturated carbocycles. The highest BCUT2D eigenvalue weighted by Crippen LogP contribution is 2.35. The molecule has 3 heteroatoms. The van der Waals surface area contributed by atoms with Gasteiger partial charge in [0.25, 0.3) is 0 Å². The molecule has 0 radical (unpaired) electrons. The van der Waals surface area contributed by atoms with Crippen LogP contribution in [0.2, 0.25) is 0 Å². The fourth-order valence-corrected chi connectivity index (χ4v) is 3.15. The van der Waals surface area contributed by atoms with Gasteiger partial charge in [-0.05, 0) is 29.4 Å². The summed E-state index contributed by atoms with van der Waals surface area (Å²) in [5.41, 5.74) is 7.53. The largest absolute Gasteiger partial charge is 0.326 e. The van der Waals surface area contributed by atoms with Crippen molar-refractivity contribution in [1.29, 1.82) is 0 Å². The second-order valence-corrected chi connectivity index (χ2v) is 6.87. The van der Waals surface area contributed by atoms with Gasteiger partial charge in [0.15, 0.2) is 0 Å². The summed E-state index contributed by atoms with van der Waals surface area (Å²) < 4.78 is 1.12. The van der Waals surface area contributed by atoms with E-state index in [1.54, 1.807) is 0 Å². The van der Waals surface area contributed by atoms with E-state index in [0.29, 0.717) is 10.5 Å². The Hall–Kier alpha value is 0.01000. The van der Waals surface area contributed by atoms with Crippen LogP contribution in [-0.4, -0.2) is 11.3 Å². The maximum atomic E-state index is 6.20. The molecule has 0 spiro atoms. The minimum atomic E-state index is 0.230. The van der Waals surface area contributed by atoms with Gasteiger partial charge < -0.3 is 5.73 Å². The maximum absolute atomic E-state index is 6.20. The van der Waals surface area contributed by atoms with E-state index in [4.69, 9.17) is 5.73 Å². The zero-order valence-electron chi connectivity index (χ0n) is 10.1. The van der Waals surface area contributed by atoms with E-state index in [1.165, 1.54) is 5.56 Å². The third-order valence-electron chi connectivity index (χ3n) is 2.48. The number of rotatable bonds is 5. The molecule has 0 bridgehead atoms. The average molecular weight is 302 g/mol. The Balaban J connectivity index is 2.87. The van der Waals surface area contributed by atoms with E-state index < -0.39 is 0 Å². The van der Waals surface area contributed by atoms with Crippen LogP contribution in [0.15, 0.2) is 28.7 Å². The van der Waals surface area contributed by atoms with Crippen LogP contribution >= 0.6 is 27.7 Å². The second kappa shape index (κ2) is 6.67. The van der Waals surface area contributed by atoms with Gasteiger partial charge in [-0.3, -0.25) is 0 Å². The SMILES string of the molecule is CCC(N)C(SC(C)C)c1ccc(Br)cc1. The first-order valence-electron chi connectivity index (χ1n) is 5.71. The molecule has 1 rings (SSSR count). The summed E-state index contributed by atoms with van der Waals surface area (Å²) in [5, 5.41) is 1.00. The van der Waals surface area contributed by atoms with Gasteiger partial charge in [-0.2, -0.15) is 0 Å². The van der Waals surface area contributed by atoms with Crippen molar-refractivity contribution in [3.05, 3.63) is 34.3 Å². The summed E-state index contributed by atoms with van der Waals surface area (Å²) in [6.45, 7) is 6.59. The van der Waals surface area contributed by atoms with Crippen molar-refractivity contribution in [2.24, 2.45) is 5.73 Å². The third-order valence-corrected chi connectivity index (χ3v) is 4.47. The van der Waals surface area contributed by atoms with E-state index >= 15 is 0 Å². The highest BCUT2D eigenvalue weighted by Gasteiger charge is 2.20. The summed E-state index contributed by atoms with van der Waals surface area (Å²) >= 11 is 5.41. The van der Waals surface area contributed by atoms with E-state index in [9.17, 15) is 0 Å². The molecule has 0 fully saturated rings. The number of benzene rings is 1. The predicted molar refractivity (Wildman–Crippen MR) is 77.9 cm³/mol. The van der Waals surface area contributed by atoms with Crippen LogP contribution in [0.25, 0.3) is 0 Å². The predicted octanol–water partition coefficient (Wildman–Crippen LogP) is 4.37. The summed E-state index contributed by atoms with van der Waals surface area (Å²) in [6, 6.07) is 8.74. The molecular weight excluding hydrogens is 282 g/mol. The Bertz CT molecular complexity index is 310. The number of halogens is 1. The van der Waals surface area contributed by atoms with Crippen molar-refractivity contribution in [3.8, 4) is 0 Å². The van der Waals surface area contributed by atoms with E-state index in [-0.39, 0.29) is 6.04 Å². The van der Waals surface area contributed by atoms with Gasteiger partial charge in [-0.1, -0.05) is 48.8 Å². The van der Waals surface area contributed by atoms with Crippen LogP contribution < -0.4 is 5.73 Å². The lowest BCUT2D eigenvalue weighted by Crippen LogP contribution is -2.26. The highest BCUT2D eigenvalue weighted by atomic mass is 79.9. The first-order valence-corrected chi connectivity index (χ1v) is 7.44. The molecule has 0 amide bonds. The molecule has 0 saturated heterocycles. The molecule has 2 N–H and O–H groups in total. The summed E-state index contributed by atoms with van der Waals surface area (Å²) in [6.07, 6.45) is 1.01. The molecule has 1 aromatic carbocycles. The lowest BCUT2D eigenvalue weighted by Gasteiger charge is -2.24. The smallest absolute Gasteiger partial charge is 0.0450 e. The molecule has 0 aliphatic carbocycles. The Morgan fingerprint density at radius 2 is 1.81 bits per heavy atom. The highest BCUT2D eigenvalue weighted by molar-refractivity contribution is 9.10. The molecule has 2 unspecified atom stereocenters. The van der Waals surface area contributed by atoms with Gasteiger partial charge in [-0.25, -0.2) is 0 Å². The van der Waals surface area contributed by atoms with Gasteiger partial charge >= 0.3 is 0 Å². The van der Waals surface area contributed by atoms with Gasteiger partial charge in [0.05, 0.1) is 0 Å². The van der Waals surface area contributed by atoms with E-state index in [0.717, 1.165) is 10.9 Å². The van der Waals surface area contributed by atoms with E-state index in [2.05, 4.69) is 61.0 Å².